The van der Waals surface area contributed by atoms with Crippen LogP contribution in [0.3, 0.4) is 0 Å². The molecule has 6 nitrogen and oxygen atoms in total. The fourth-order valence-electron chi connectivity index (χ4n) is 1.81. The molecule has 0 aliphatic heterocycles. The summed E-state index contributed by atoms with van der Waals surface area (Å²) in [6.45, 7) is 0. The van der Waals surface area contributed by atoms with Crippen molar-refractivity contribution in [2.24, 2.45) is 5.10 Å². The molecule has 1 aromatic carbocycles. The summed E-state index contributed by atoms with van der Waals surface area (Å²) in [4.78, 5) is 10.0. The Kier molecular flexibility index (Phi) is 5.73. The largest absolute Gasteiger partial charge is 0.462 e. The number of halogens is 8. The maximum Gasteiger partial charge on any atom is 0.462 e. The minimum absolute atomic E-state index is 0.0932. The topological polar surface area (TPSA) is 80.7 Å². The molecule has 0 atom stereocenters. The first-order valence-corrected chi connectivity index (χ1v) is 7.72. The molecule has 0 aliphatic rings. The molecule has 0 radical (unpaired) electrons. The van der Waals surface area contributed by atoms with E-state index in [2.05, 4.69) is 21.0 Å². The smallest absolute Gasteiger partial charge is 0.455 e. The second-order valence-corrected chi connectivity index (χ2v) is 5.99. The van der Waals surface area contributed by atoms with Crippen LogP contribution in [0.25, 0.3) is 11.3 Å². The molecule has 0 saturated carbocycles. The van der Waals surface area contributed by atoms with Crippen LogP contribution in [0.1, 0.15) is 5.76 Å². The standard InChI is InChI=1S/C14H7BrF7N3O3/c15-10-5-7(25(26)27)1-3-9(10)11-4-2-8(28-11)6-23-24-14(21,22)12(16,17)13(18,19)20/h1-6,24H/b23-6-. The van der Waals surface area contributed by atoms with Crippen molar-refractivity contribution in [2.45, 2.75) is 18.1 Å². The number of hydrogen-bond acceptors (Lipinski definition) is 5. The molecule has 14 heteroatoms. The molecule has 152 valence electrons. The van der Waals surface area contributed by atoms with Crippen LogP contribution in [0.4, 0.5) is 36.4 Å². The number of alkyl halides is 7. The Hall–Kier alpha value is -2.64. The molecular formula is C14H7BrF7N3O3. The highest BCUT2D eigenvalue weighted by atomic mass is 79.9. The van der Waals surface area contributed by atoms with Gasteiger partial charge in [-0.25, -0.2) is 5.43 Å². The first-order chi connectivity index (χ1) is 12.8. The van der Waals surface area contributed by atoms with E-state index in [1.165, 1.54) is 18.2 Å². The highest BCUT2D eigenvalue weighted by Gasteiger charge is 2.73. The Morgan fingerprint density at radius 3 is 2.29 bits per heavy atom. The van der Waals surface area contributed by atoms with Crippen molar-refractivity contribution < 1.29 is 40.1 Å². The zero-order chi connectivity index (χ0) is 21.3. The summed E-state index contributed by atoms with van der Waals surface area (Å²) >= 11 is 3.08. The van der Waals surface area contributed by atoms with Crippen molar-refractivity contribution in [3.63, 3.8) is 0 Å². The third-order valence-electron chi connectivity index (χ3n) is 3.20. The maximum absolute atomic E-state index is 13.0. The van der Waals surface area contributed by atoms with E-state index >= 15 is 0 Å². The number of nitrogens with one attached hydrogen (secondary N) is 1. The van der Waals surface area contributed by atoms with Crippen LogP contribution in [-0.4, -0.2) is 29.3 Å². The van der Waals surface area contributed by atoms with Gasteiger partial charge in [0.05, 0.1) is 11.1 Å². The number of nitro benzene ring substituents is 1. The van der Waals surface area contributed by atoms with E-state index in [1.54, 1.807) is 0 Å². The molecule has 2 aromatic rings. The lowest BCUT2D eigenvalue weighted by atomic mass is 10.1. The lowest BCUT2D eigenvalue weighted by molar-refractivity contribution is -0.384. The quantitative estimate of drug-likeness (QED) is 0.200. The summed E-state index contributed by atoms with van der Waals surface area (Å²) in [6.07, 6.45) is -6.03. The van der Waals surface area contributed by atoms with Gasteiger partial charge in [0.25, 0.3) is 5.69 Å². The van der Waals surface area contributed by atoms with Gasteiger partial charge in [0, 0.05) is 22.2 Å². The van der Waals surface area contributed by atoms with Gasteiger partial charge in [0.2, 0.25) is 0 Å². The molecule has 0 aliphatic carbocycles. The summed E-state index contributed by atoms with van der Waals surface area (Å²) in [5.41, 5.74) is 0.561. The summed E-state index contributed by atoms with van der Waals surface area (Å²) < 4.78 is 92.9. The van der Waals surface area contributed by atoms with E-state index in [0.717, 1.165) is 12.1 Å². The van der Waals surface area contributed by atoms with Crippen LogP contribution in [0.5, 0.6) is 0 Å². The fourth-order valence-corrected chi connectivity index (χ4v) is 2.37. The Balaban J connectivity index is 2.16. The number of furan rings is 1. The number of benzene rings is 1. The van der Waals surface area contributed by atoms with Gasteiger partial charge < -0.3 is 4.42 Å². The van der Waals surface area contributed by atoms with Gasteiger partial charge in [-0.15, -0.1) is 0 Å². The van der Waals surface area contributed by atoms with E-state index in [0.29, 0.717) is 17.2 Å². The van der Waals surface area contributed by atoms with E-state index in [1.807, 2.05) is 0 Å². The zero-order valence-electron chi connectivity index (χ0n) is 13.1. The predicted molar refractivity (Wildman–Crippen MR) is 85.2 cm³/mol. The first kappa shape index (κ1) is 21.7. The predicted octanol–water partition coefficient (Wildman–Crippen LogP) is 5.33. The third kappa shape index (κ3) is 4.26. The van der Waals surface area contributed by atoms with E-state index in [4.69, 9.17) is 4.42 Å². The van der Waals surface area contributed by atoms with Gasteiger partial charge in [0.15, 0.2) is 0 Å². The van der Waals surface area contributed by atoms with E-state index < -0.39 is 23.1 Å². The lowest BCUT2D eigenvalue weighted by Crippen LogP contribution is -2.58. The Labute approximate surface area is 159 Å². The summed E-state index contributed by atoms with van der Waals surface area (Å²) in [7, 11) is 0. The van der Waals surface area contributed by atoms with Crippen LogP contribution in [0.2, 0.25) is 0 Å². The zero-order valence-corrected chi connectivity index (χ0v) is 14.7. The fraction of sp³-hybridized carbons (Fsp3) is 0.214. The van der Waals surface area contributed by atoms with Crippen molar-refractivity contribution in [1.29, 1.82) is 0 Å². The molecule has 2 rings (SSSR count). The van der Waals surface area contributed by atoms with Gasteiger partial charge in [-0.05, 0) is 34.1 Å². The average molecular weight is 478 g/mol. The number of hydrazone groups is 1. The SMILES string of the molecule is O=[N+]([O-])c1ccc(-c2ccc(/C=N\NC(F)(F)C(F)(F)C(F)(F)F)o2)c(Br)c1. The maximum atomic E-state index is 13.0. The van der Waals surface area contributed by atoms with Gasteiger partial charge >= 0.3 is 18.1 Å². The second-order valence-electron chi connectivity index (χ2n) is 5.14. The number of hydrogen-bond donors (Lipinski definition) is 1. The molecule has 0 spiro atoms. The molecule has 0 bridgehead atoms. The molecule has 0 fully saturated rings. The third-order valence-corrected chi connectivity index (χ3v) is 3.86. The molecule has 28 heavy (non-hydrogen) atoms. The van der Waals surface area contributed by atoms with Crippen LogP contribution >= 0.6 is 15.9 Å². The minimum Gasteiger partial charge on any atom is -0.455 e. The normalized spacial score (nSPS) is 13.1. The van der Waals surface area contributed by atoms with Gasteiger partial charge in [-0.3, -0.25) is 10.1 Å². The highest BCUT2D eigenvalue weighted by Crippen LogP contribution is 2.45. The highest BCUT2D eigenvalue weighted by molar-refractivity contribution is 9.10. The Morgan fingerprint density at radius 2 is 1.75 bits per heavy atom. The monoisotopic (exact) mass is 477 g/mol. The van der Waals surface area contributed by atoms with Crippen molar-refractivity contribution in [2.75, 3.05) is 0 Å². The summed E-state index contributed by atoms with van der Waals surface area (Å²) in [5.74, 6) is -6.52. The molecule has 0 saturated heterocycles. The summed E-state index contributed by atoms with van der Waals surface area (Å²) in [6, 6.07) is 0.422. The van der Waals surface area contributed by atoms with E-state index in [-0.39, 0.29) is 21.7 Å². The van der Waals surface area contributed by atoms with Gasteiger partial charge in [-0.1, -0.05) is 0 Å². The average Bonchev–Trinajstić information content (AvgIpc) is 3.01. The summed E-state index contributed by atoms with van der Waals surface area (Å²) in [5, 5.41) is 13.3. The van der Waals surface area contributed by atoms with Crippen molar-refractivity contribution in [1.82, 2.24) is 5.43 Å². The van der Waals surface area contributed by atoms with Crippen LogP contribution in [0.15, 0.2) is 44.3 Å². The number of nitro groups is 1. The van der Waals surface area contributed by atoms with Crippen LogP contribution < -0.4 is 5.43 Å². The number of non-ortho nitro benzene ring substituents is 1. The Bertz CT molecular complexity index is 912. The van der Waals surface area contributed by atoms with Gasteiger partial charge in [0.1, 0.15) is 11.5 Å². The molecule has 1 N–H and O–H groups in total. The van der Waals surface area contributed by atoms with Crippen LogP contribution in [-0.2, 0) is 0 Å². The lowest BCUT2D eigenvalue weighted by Gasteiger charge is -2.27. The number of nitrogens with zero attached hydrogens (tertiary/aromatic N) is 2. The van der Waals surface area contributed by atoms with Crippen LogP contribution in [0, 0.1) is 10.1 Å². The second kappa shape index (κ2) is 7.41. The van der Waals surface area contributed by atoms with Crippen molar-refractivity contribution in [3.05, 3.63) is 50.7 Å². The minimum atomic E-state index is -6.49. The van der Waals surface area contributed by atoms with Crippen molar-refractivity contribution >= 4 is 27.8 Å². The molecule has 1 heterocycles. The van der Waals surface area contributed by atoms with E-state index in [9.17, 15) is 40.8 Å². The Morgan fingerprint density at radius 1 is 1.11 bits per heavy atom. The molecule has 1 aromatic heterocycles. The van der Waals surface area contributed by atoms with Gasteiger partial charge in [-0.2, -0.15) is 35.8 Å². The number of rotatable bonds is 6. The van der Waals surface area contributed by atoms with Crippen molar-refractivity contribution in [3.8, 4) is 11.3 Å². The molecule has 0 unspecified atom stereocenters. The molecule has 0 amide bonds. The molecular weight excluding hydrogens is 471 g/mol. The first-order valence-electron chi connectivity index (χ1n) is 6.93.